The molecule has 9 heteroatoms. The van der Waals surface area contributed by atoms with Crippen molar-refractivity contribution < 1.29 is 131 Å². The summed E-state index contributed by atoms with van der Waals surface area (Å²) < 4.78 is 43.1. The molecule has 15 heavy (non-hydrogen) atoms. The molecule has 0 aromatic rings. The summed E-state index contributed by atoms with van der Waals surface area (Å²) in [5, 5.41) is 20.2. The Hall–Kier alpha value is 3.01. The predicted octanol–water partition coefficient (Wildman–Crippen LogP) is -6.69. The Morgan fingerprint density at radius 3 is 2.13 bits per heavy atom. The number of alkyl halides is 3. The average Bonchev–Trinajstić information content (AvgIpc) is 1.94. The molecule has 1 heterocycles. The first-order valence-electron chi connectivity index (χ1n) is 3.90. The van der Waals surface area contributed by atoms with E-state index in [1.54, 1.807) is 0 Å². The second kappa shape index (κ2) is 8.23. The van der Waals surface area contributed by atoms with Gasteiger partial charge in [-0.25, -0.2) is 13.2 Å². The van der Waals surface area contributed by atoms with Crippen molar-refractivity contribution in [3.63, 3.8) is 0 Å². The molecule has 3 nitrogen and oxygen atoms in total. The van der Waals surface area contributed by atoms with Crippen molar-refractivity contribution in [2.24, 2.45) is 0 Å². The van der Waals surface area contributed by atoms with E-state index >= 15 is 0 Å². The summed E-state index contributed by atoms with van der Waals surface area (Å²) in [4.78, 5) is 0. The Labute approximate surface area is 171 Å². The van der Waals surface area contributed by atoms with Crippen molar-refractivity contribution in [3.8, 4) is 0 Å². The minimum atomic E-state index is -3.72. The summed E-state index contributed by atoms with van der Waals surface area (Å²) in [5.41, 5.74) is 0. The molecule has 1 aliphatic rings. The molecular weight excluding hydrogens is 266 g/mol. The minimum Gasteiger partial charge on any atom is -0.893 e. The standard InChI is InChI=1S/C6H8BF3O3.2K/c8-5(9)2-1-3-13-6(5,10)4-7(11)12;;/h1-4H2;;/q-2;2*+1. The molecule has 1 rings (SSSR count). The summed E-state index contributed by atoms with van der Waals surface area (Å²) in [5.74, 6) is -7.09. The van der Waals surface area contributed by atoms with E-state index in [9.17, 15) is 23.2 Å². The summed E-state index contributed by atoms with van der Waals surface area (Å²) in [6.45, 7) is -0.182. The van der Waals surface area contributed by atoms with E-state index in [1.807, 2.05) is 0 Å². The molecule has 0 amide bonds. The predicted molar refractivity (Wildman–Crippen MR) is 34.5 cm³/mol. The quantitative estimate of drug-likeness (QED) is 0.470. The SMILES string of the molecule is [K+].[K+].[O-]B([O-])CC1(F)OCCCC1(F)F. The largest absolute Gasteiger partial charge is 1.00 e. The fourth-order valence-corrected chi connectivity index (χ4v) is 1.24. The zero-order valence-corrected chi connectivity index (χ0v) is 15.0. The van der Waals surface area contributed by atoms with Gasteiger partial charge in [0.25, 0.3) is 5.85 Å². The smallest absolute Gasteiger partial charge is 0.893 e. The van der Waals surface area contributed by atoms with Crippen LogP contribution in [0.4, 0.5) is 13.2 Å². The van der Waals surface area contributed by atoms with Crippen molar-refractivity contribution in [1.82, 2.24) is 0 Å². The van der Waals surface area contributed by atoms with E-state index in [0.717, 1.165) is 0 Å². The van der Waals surface area contributed by atoms with Crippen LogP contribution in [0.25, 0.3) is 0 Å². The molecule has 1 atom stereocenters. The third-order valence-electron chi connectivity index (χ3n) is 1.94. The van der Waals surface area contributed by atoms with Crippen LogP contribution < -0.4 is 113 Å². The van der Waals surface area contributed by atoms with Crippen molar-refractivity contribution >= 4 is 7.12 Å². The average molecular weight is 274 g/mol. The number of ether oxygens (including phenoxy) is 1. The van der Waals surface area contributed by atoms with Gasteiger partial charge in [0, 0.05) is 6.42 Å². The van der Waals surface area contributed by atoms with Crippen LogP contribution in [0, 0.1) is 0 Å². The van der Waals surface area contributed by atoms with E-state index in [0.29, 0.717) is 0 Å². The minimum absolute atomic E-state index is 0. The monoisotopic (exact) mass is 274 g/mol. The molecule has 1 unspecified atom stereocenters. The summed E-state index contributed by atoms with van der Waals surface area (Å²) in [6.07, 6.45) is -2.00. The number of halogens is 3. The van der Waals surface area contributed by atoms with Gasteiger partial charge < -0.3 is 14.8 Å². The first-order chi connectivity index (χ1) is 5.87. The Morgan fingerprint density at radius 1 is 1.20 bits per heavy atom. The molecule has 76 valence electrons. The van der Waals surface area contributed by atoms with Crippen LogP contribution in [0.3, 0.4) is 0 Å². The van der Waals surface area contributed by atoms with Gasteiger partial charge in [0.1, 0.15) is 0 Å². The molecule has 0 aliphatic carbocycles. The maximum absolute atomic E-state index is 13.2. The molecule has 0 saturated carbocycles. The number of hydrogen-bond donors (Lipinski definition) is 0. The summed E-state index contributed by atoms with van der Waals surface area (Å²) in [6, 6.07) is 0. The van der Waals surface area contributed by atoms with Crippen LogP contribution in [0.2, 0.25) is 6.32 Å². The molecule has 0 bridgehead atoms. The van der Waals surface area contributed by atoms with E-state index in [2.05, 4.69) is 4.74 Å². The van der Waals surface area contributed by atoms with Crippen molar-refractivity contribution in [1.29, 1.82) is 0 Å². The van der Waals surface area contributed by atoms with E-state index in [1.165, 1.54) is 0 Å². The van der Waals surface area contributed by atoms with Gasteiger partial charge in [-0.15, -0.1) is 7.12 Å². The van der Waals surface area contributed by atoms with Gasteiger partial charge in [0.2, 0.25) is 0 Å². The van der Waals surface area contributed by atoms with Crippen LogP contribution in [-0.2, 0) is 4.74 Å². The fourth-order valence-electron chi connectivity index (χ4n) is 1.24. The maximum atomic E-state index is 13.2. The van der Waals surface area contributed by atoms with Crippen molar-refractivity contribution in [2.75, 3.05) is 6.61 Å². The molecule has 1 fully saturated rings. The Kier molecular flexibility index (Phi) is 11.2. The van der Waals surface area contributed by atoms with Gasteiger partial charge in [-0.2, -0.15) is 0 Å². The zero-order valence-electron chi connectivity index (χ0n) is 8.76. The molecule has 0 aromatic heterocycles. The van der Waals surface area contributed by atoms with E-state index in [-0.39, 0.29) is 116 Å². The Morgan fingerprint density at radius 2 is 1.73 bits per heavy atom. The molecule has 1 aliphatic heterocycles. The van der Waals surface area contributed by atoms with Crippen LogP contribution in [-0.4, -0.2) is 25.5 Å². The van der Waals surface area contributed by atoms with Crippen LogP contribution in [0.1, 0.15) is 12.8 Å². The van der Waals surface area contributed by atoms with E-state index < -0.39 is 31.6 Å². The molecule has 0 N–H and O–H groups in total. The fraction of sp³-hybridized carbons (Fsp3) is 1.00. The van der Waals surface area contributed by atoms with Crippen LogP contribution in [0.5, 0.6) is 0 Å². The Bertz CT molecular complexity index is 198. The third kappa shape index (κ3) is 5.66. The molecule has 1 saturated heterocycles. The molecule has 0 radical (unpaired) electrons. The van der Waals surface area contributed by atoms with Crippen LogP contribution >= 0.6 is 0 Å². The van der Waals surface area contributed by atoms with Gasteiger partial charge in [0.05, 0.1) is 6.61 Å². The number of rotatable bonds is 2. The molecule has 0 spiro atoms. The summed E-state index contributed by atoms with van der Waals surface area (Å²) in [7, 11) is -2.63. The Balaban J connectivity index is 0. The number of hydrogen-bond acceptors (Lipinski definition) is 3. The molecular formula is C6H8BF3K2O3. The van der Waals surface area contributed by atoms with Gasteiger partial charge in [-0.3, -0.25) is 0 Å². The first-order valence-corrected chi connectivity index (χ1v) is 3.90. The maximum Gasteiger partial charge on any atom is 1.00 e. The van der Waals surface area contributed by atoms with E-state index in [4.69, 9.17) is 0 Å². The third-order valence-corrected chi connectivity index (χ3v) is 1.94. The second-order valence-corrected chi connectivity index (χ2v) is 3.02. The zero-order chi connectivity index (χ0) is 10.1. The van der Waals surface area contributed by atoms with Crippen molar-refractivity contribution in [2.45, 2.75) is 30.9 Å². The second-order valence-electron chi connectivity index (χ2n) is 3.02. The first kappa shape index (κ1) is 20.3. The van der Waals surface area contributed by atoms with Gasteiger partial charge in [0.15, 0.2) is 0 Å². The van der Waals surface area contributed by atoms with Crippen LogP contribution in [0.15, 0.2) is 0 Å². The van der Waals surface area contributed by atoms with Gasteiger partial charge in [-0.1, -0.05) is 0 Å². The normalized spacial score (nSPS) is 28.6. The summed E-state index contributed by atoms with van der Waals surface area (Å²) >= 11 is 0. The topological polar surface area (TPSA) is 55.3 Å². The van der Waals surface area contributed by atoms with Gasteiger partial charge >= 0.3 is 109 Å². The van der Waals surface area contributed by atoms with Crippen molar-refractivity contribution in [3.05, 3.63) is 0 Å². The van der Waals surface area contributed by atoms with Gasteiger partial charge in [-0.05, 0) is 12.7 Å². The molecule has 0 aromatic carbocycles.